The van der Waals surface area contributed by atoms with Gasteiger partial charge in [-0.1, -0.05) is 6.92 Å². The maximum Gasteiger partial charge on any atom is 0.229 e. The summed E-state index contributed by atoms with van der Waals surface area (Å²) in [6.45, 7) is 7.26. The van der Waals surface area contributed by atoms with E-state index in [1.165, 1.54) is 12.8 Å². The van der Waals surface area contributed by atoms with Crippen molar-refractivity contribution in [1.29, 1.82) is 0 Å². The number of hydrogen-bond acceptors (Lipinski definition) is 7. The minimum absolute atomic E-state index is 0.293. The number of nitrogens with zero attached hydrogens (tertiary/aromatic N) is 5. The molecule has 118 valence electrons. The Hall–Kier alpha value is -1.47. The summed E-state index contributed by atoms with van der Waals surface area (Å²) in [4.78, 5) is 17.1. The van der Waals surface area contributed by atoms with Gasteiger partial charge >= 0.3 is 0 Å². The van der Waals surface area contributed by atoms with Gasteiger partial charge in [-0.25, -0.2) is 0 Å². The number of nitrogen functional groups attached to an aromatic ring is 1. The Kier molecular flexibility index (Phi) is 5.69. The first-order valence-electron chi connectivity index (χ1n) is 7.69. The van der Waals surface area contributed by atoms with Crippen LogP contribution in [0.5, 0.6) is 0 Å². The van der Waals surface area contributed by atoms with Crippen molar-refractivity contribution in [3.63, 3.8) is 0 Å². The van der Waals surface area contributed by atoms with Crippen LogP contribution in [0.3, 0.4) is 0 Å². The van der Waals surface area contributed by atoms with E-state index in [2.05, 4.69) is 32.1 Å². The topological polar surface area (TPSA) is 83.2 Å². The molecule has 1 saturated heterocycles. The van der Waals surface area contributed by atoms with Crippen LogP contribution >= 0.6 is 0 Å². The van der Waals surface area contributed by atoms with Crippen LogP contribution in [0, 0.1) is 5.92 Å². The predicted molar refractivity (Wildman–Crippen MR) is 85.1 cm³/mol. The SMILES string of the molecule is CCN(Cc1nc(N)nc(N(C)C)n1)CC1CCNCC1. The molecule has 1 aliphatic rings. The first-order chi connectivity index (χ1) is 10.1. The molecule has 0 atom stereocenters. The largest absolute Gasteiger partial charge is 0.368 e. The molecule has 1 fully saturated rings. The molecule has 0 aromatic carbocycles. The Morgan fingerprint density at radius 2 is 1.90 bits per heavy atom. The van der Waals surface area contributed by atoms with E-state index in [1.54, 1.807) is 0 Å². The van der Waals surface area contributed by atoms with Gasteiger partial charge in [0.1, 0.15) is 5.82 Å². The Labute approximate surface area is 127 Å². The second kappa shape index (κ2) is 7.51. The molecule has 0 bridgehead atoms. The summed E-state index contributed by atoms with van der Waals surface area (Å²) in [6, 6.07) is 0. The maximum atomic E-state index is 5.78. The second-order valence-electron chi connectivity index (χ2n) is 5.83. The zero-order valence-electron chi connectivity index (χ0n) is 13.3. The Bertz CT molecular complexity index is 443. The van der Waals surface area contributed by atoms with Gasteiger partial charge < -0.3 is 16.0 Å². The molecule has 2 rings (SSSR count). The van der Waals surface area contributed by atoms with Crippen LogP contribution in [0.1, 0.15) is 25.6 Å². The molecule has 7 heteroatoms. The lowest BCUT2D eigenvalue weighted by Crippen LogP contribution is -2.36. The number of piperidine rings is 1. The number of anilines is 2. The smallest absolute Gasteiger partial charge is 0.229 e. The first-order valence-corrected chi connectivity index (χ1v) is 7.69. The fraction of sp³-hybridized carbons (Fsp3) is 0.786. The average molecular weight is 293 g/mol. The molecular weight excluding hydrogens is 266 g/mol. The molecule has 7 nitrogen and oxygen atoms in total. The summed E-state index contributed by atoms with van der Waals surface area (Å²) < 4.78 is 0. The van der Waals surface area contributed by atoms with Crippen molar-refractivity contribution < 1.29 is 0 Å². The summed E-state index contributed by atoms with van der Waals surface area (Å²) in [7, 11) is 3.82. The number of hydrogen-bond donors (Lipinski definition) is 2. The van der Waals surface area contributed by atoms with Gasteiger partial charge in [-0.3, -0.25) is 4.90 Å². The third-order valence-electron chi connectivity index (χ3n) is 3.87. The summed E-state index contributed by atoms with van der Waals surface area (Å²) in [6.07, 6.45) is 2.50. The molecule has 2 heterocycles. The lowest BCUT2D eigenvalue weighted by atomic mass is 9.97. The molecule has 0 radical (unpaired) electrons. The Morgan fingerprint density at radius 3 is 2.52 bits per heavy atom. The molecule has 1 aromatic rings. The molecule has 0 unspecified atom stereocenters. The molecular formula is C14H27N7. The van der Waals surface area contributed by atoms with Crippen molar-refractivity contribution in [1.82, 2.24) is 25.2 Å². The Balaban J connectivity index is 2.00. The summed E-state index contributed by atoms with van der Waals surface area (Å²) in [5, 5.41) is 3.41. The lowest BCUT2D eigenvalue weighted by Gasteiger charge is -2.29. The third-order valence-corrected chi connectivity index (χ3v) is 3.87. The van der Waals surface area contributed by atoms with Gasteiger partial charge in [0.05, 0.1) is 6.54 Å². The van der Waals surface area contributed by atoms with Gasteiger partial charge in [0, 0.05) is 20.6 Å². The van der Waals surface area contributed by atoms with E-state index in [0.717, 1.165) is 44.5 Å². The standard InChI is InChI=1S/C14H27N7/c1-4-21(9-11-5-7-16-8-6-11)10-12-17-13(15)19-14(18-12)20(2)3/h11,16H,4-10H2,1-3H3,(H2,15,17,18,19). The van der Waals surface area contributed by atoms with E-state index in [-0.39, 0.29) is 0 Å². The van der Waals surface area contributed by atoms with Crippen LogP contribution in [0.25, 0.3) is 0 Å². The molecule has 0 saturated carbocycles. The second-order valence-corrected chi connectivity index (χ2v) is 5.83. The van der Waals surface area contributed by atoms with Crippen LogP contribution in [0.4, 0.5) is 11.9 Å². The number of nitrogens with two attached hydrogens (primary N) is 1. The zero-order valence-corrected chi connectivity index (χ0v) is 13.3. The molecule has 1 aromatic heterocycles. The van der Waals surface area contributed by atoms with Crippen LogP contribution in [-0.4, -0.2) is 60.1 Å². The molecule has 0 aliphatic carbocycles. The normalized spacial score (nSPS) is 16.4. The predicted octanol–water partition coefficient (Wildman–Crippen LogP) is 0.341. The van der Waals surface area contributed by atoms with E-state index < -0.39 is 0 Å². The van der Waals surface area contributed by atoms with E-state index in [9.17, 15) is 0 Å². The van der Waals surface area contributed by atoms with Crippen molar-refractivity contribution >= 4 is 11.9 Å². The molecule has 21 heavy (non-hydrogen) atoms. The summed E-state index contributed by atoms with van der Waals surface area (Å²) in [5.41, 5.74) is 5.78. The highest BCUT2D eigenvalue weighted by Crippen LogP contribution is 2.15. The van der Waals surface area contributed by atoms with Crippen molar-refractivity contribution in [2.45, 2.75) is 26.3 Å². The van der Waals surface area contributed by atoms with Gasteiger partial charge in [0.2, 0.25) is 11.9 Å². The van der Waals surface area contributed by atoms with Gasteiger partial charge in [-0.15, -0.1) is 0 Å². The van der Waals surface area contributed by atoms with Crippen molar-refractivity contribution in [2.75, 3.05) is 50.9 Å². The quantitative estimate of drug-likeness (QED) is 0.782. The van der Waals surface area contributed by atoms with Gasteiger partial charge in [0.15, 0.2) is 0 Å². The highest BCUT2D eigenvalue weighted by atomic mass is 15.3. The monoisotopic (exact) mass is 293 g/mol. The molecule has 3 N–H and O–H groups in total. The van der Waals surface area contributed by atoms with E-state index in [4.69, 9.17) is 5.73 Å². The third kappa shape index (κ3) is 4.78. The summed E-state index contributed by atoms with van der Waals surface area (Å²) in [5.74, 6) is 2.43. The Morgan fingerprint density at radius 1 is 1.19 bits per heavy atom. The van der Waals surface area contributed by atoms with Crippen LogP contribution < -0.4 is 16.0 Å². The van der Waals surface area contributed by atoms with Crippen molar-refractivity contribution in [3.05, 3.63) is 5.82 Å². The number of aromatic nitrogens is 3. The first kappa shape index (κ1) is 15.9. The highest BCUT2D eigenvalue weighted by Gasteiger charge is 2.17. The van der Waals surface area contributed by atoms with Crippen LogP contribution in [-0.2, 0) is 6.54 Å². The fourth-order valence-electron chi connectivity index (χ4n) is 2.63. The van der Waals surface area contributed by atoms with Crippen LogP contribution in [0.2, 0.25) is 0 Å². The lowest BCUT2D eigenvalue weighted by molar-refractivity contribution is 0.203. The maximum absolute atomic E-state index is 5.78. The van der Waals surface area contributed by atoms with E-state index in [1.807, 2.05) is 19.0 Å². The molecule has 0 amide bonds. The van der Waals surface area contributed by atoms with Gasteiger partial charge in [-0.05, 0) is 38.4 Å². The molecule has 0 spiro atoms. The van der Waals surface area contributed by atoms with Crippen LogP contribution in [0.15, 0.2) is 0 Å². The highest BCUT2D eigenvalue weighted by molar-refractivity contribution is 5.32. The zero-order chi connectivity index (χ0) is 15.2. The minimum atomic E-state index is 0.293. The van der Waals surface area contributed by atoms with Gasteiger partial charge in [-0.2, -0.15) is 15.0 Å². The fourth-order valence-corrected chi connectivity index (χ4v) is 2.63. The van der Waals surface area contributed by atoms with Gasteiger partial charge in [0.25, 0.3) is 0 Å². The average Bonchev–Trinajstić information content (AvgIpc) is 2.47. The van der Waals surface area contributed by atoms with E-state index >= 15 is 0 Å². The van der Waals surface area contributed by atoms with E-state index in [0.29, 0.717) is 11.9 Å². The number of nitrogens with one attached hydrogen (secondary N) is 1. The van der Waals surface area contributed by atoms with Crippen molar-refractivity contribution in [3.8, 4) is 0 Å². The molecule has 1 aliphatic heterocycles. The van der Waals surface area contributed by atoms with Crippen molar-refractivity contribution in [2.24, 2.45) is 5.92 Å². The summed E-state index contributed by atoms with van der Waals surface area (Å²) >= 11 is 0. The minimum Gasteiger partial charge on any atom is -0.368 e. The number of rotatable bonds is 6.